The molecule has 0 unspecified atom stereocenters. The number of aryl methyl sites for hydroxylation is 2. The number of rotatable bonds is 10. The van der Waals surface area contributed by atoms with Gasteiger partial charge in [-0.2, -0.15) is 0 Å². The summed E-state index contributed by atoms with van der Waals surface area (Å²) in [4.78, 5) is 26.6. The zero-order chi connectivity index (χ0) is 23.3. The van der Waals surface area contributed by atoms with Gasteiger partial charge in [0.1, 0.15) is 0 Å². The van der Waals surface area contributed by atoms with Crippen LogP contribution in [0, 0.1) is 19.8 Å². The first-order valence-corrected chi connectivity index (χ1v) is 12.3. The second kappa shape index (κ2) is 10.2. The van der Waals surface area contributed by atoms with Crippen molar-refractivity contribution in [2.75, 3.05) is 24.4 Å². The van der Waals surface area contributed by atoms with Gasteiger partial charge in [-0.05, 0) is 81.0 Å². The third-order valence-corrected chi connectivity index (χ3v) is 6.89. The highest BCUT2D eigenvalue weighted by Crippen LogP contribution is 2.30. The molecular formula is C24H30N2O5S. The van der Waals surface area contributed by atoms with Crippen LogP contribution in [0.15, 0.2) is 47.4 Å². The highest BCUT2D eigenvalue weighted by molar-refractivity contribution is 7.92. The number of carbonyl (C=O) groups excluding carboxylic acids is 2. The van der Waals surface area contributed by atoms with E-state index in [-0.39, 0.29) is 23.2 Å². The normalized spacial score (nSPS) is 13.5. The third-order valence-electron chi connectivity index (χ3n) is 5.37. The Balaban J connectivity index is 1.70. The minimum Gasteiger partial charge on any atom is -0.466 e. The fourth-order valence-corrected chi connectivity index (χ4v) is 4.81. The summed E-state index contributed by atoms with van der Waals surface area (Å²) in [5.74, 6) is -0.0211. The molecule has 0 spiro atoms. The maximum absolute atomic E-state index is 13.0. The molecule has 7 nitrogen and oxygen atoms in total. The summed E-state index contributed by atoms with van der Waals surface area (Å²) in [6, 6.07) is 11.6. The van der Waals surface area contributed by atoms with Gasteiger partial charge in [-0.1, -0.05) is 12.1 Å². The Morgan fingerprint density at radius 1 is 1.09 bits per heavy atom. The monoisotopic (exact) mass is 458 g/mol. The predicted molar refractivity (Wildman–Crippen MR) is 123 cm³/mol. The minimum absolute atomic E-state index is 0.153. The molecule has 2 aromatic carbocycles. The first-order valence-electron chi connectivity index (χ1n) is 10.8. The summed E-state index contributed by atoms with van der Waals surface area (Å²) in [6.45, 7) is 6.57. The smallest absolute Gasteiger partial charge is 0.307 e. The molecule has 1 saturated carbocycles. The van der Waals surface area contributed by atoms with Crippen molar-refractivity contribution in [2.45, 2.75) is 44.9 Å². The maximum Gasteiger partial charge on any atom is 0.307 e. The van der Waals surface area contributed by atoms with Crippen molar-refractivity contribution in [3.63, 3.8) is 0 Å². The summed E-state index contributed by atoms with van der Waals surface area (Å²) >= 11 is 0. The Morgan fingerprint density at radius 3 is 2.41 bits per heavy atom. The Bertz CT molecular complexity index is 1080. The lowest BCUT2D eigenvalue weighted by atomic mass is 10.1. The molecule has 1 aliphatic carbocycles. The number of nitrogens with zero attached hydrogens (tertiary/aromatic N) is 1. The predicted octanol–water partition coefficient (Wildman–Crippen LogP) is 3.91. The second-order valence-electron chi connectivity index (χ2n) is 8.20. The van der Waals surface area contributed by atoms with Gasteiger partial charge in [0.05, 0.1) is 17.9 Å². The van der Waals surface area contributed by atoms with E-state index in [2.05, 4.69) is 4.72 Å². The molecule has 1 aliphatic rings. The van der Waals surface area contributed by atoms with Crippen LogP contribution in [0.3, 0.4) is 0 Å². The fraction of sp³-hybridized carbons (Fsp3) is 0.417. The number of anilines is 1. The Kier molecular flexibility index (Phi) is 7.56. The van der Waals surface area contributed by atoms with E-state index >= 15 is 0 Å². The van der Waals surface area contributed by atoms with E-state index < -0.39 is 10.0 Å². The number of nitrogens with one attached hydrogen (secondary N) is 1. The van der Waals surface area contributed by atoms with Gasteiger partial charge in [0.15, 0.2) is 0 Å². The summed E-state index contributed by atoms with van der Waals surface area (Å²) in [5.41, 5.74) is 2.34. The number of hydrogen-bond donors (Lipinski definition) is 1. The van der Waals surface area contributed by atoms with Gasteiger partial charge in [-0.15, -0.1) is 0 Å². The highest BCUT2D eigenvalue weighted by Gasteiger charge is 2.28. The highest BCUT2D eigenvalue weighted by atomic mass is 32.2. The Hall–Kier alpha value is -2.87. The Labute approximate surface area is 189 Å². The summed E-state index contributed by atoms with van der Waals surface area (Å²) < 4.78 is 33.2. The van der Waals surface area contributed by atoms with E-state index in [4.69, 9.17) is 4.74 Å². The van der Waals surface area contributed by atoms with Crippen LogP contribution in [0.2, 0.25) is 0 Å². The maximum atomic E-state index is 13.0. The van der Waals surface area contributed by atoms with Crippen LogP contribution in [0.25, 0.3) is 0 Å². The Morgan fingerprint density at radius 2 is 1.78 bits per heavy atom. The topological polar surface area (TPSA) is 92.8 Å². The molecule has 32 heavy (non-hydrogen) atoms. The average Bonchev–Trinajstić information content (AvgIpc) is 3.57. The summed E-state index contributed by atoms with van der Waals surface area (Å²) in [5, 5.41) is 0. The molecule has 0 bridgehead atoms. The van der Waals surface area contributed by atoms with Crippen molar-refractivity contribution in [3.8, 4) is 0 Å². The molecule has 2 aromatic rings. The van der Waals surface area contributed by atoms with Gasteiger partial charge in [-0.3, -0.25) is 14.3 Å². The molecule has 3 rings (SSSR count). The number of benzene rings is 2. The lowest BCUT2D eigenvalue weighted by molar-refractivity contribution is -0.143. The van der Waals surface area contributed by atoms with Gasteiger partial charge in [-0.25, -0.2) is 8.42 Å². The average molecular weight is 459 g/mol. The zero-order valence-electron chi connectivity index (χ0n) is 18.8. The molecule has 1 amide bonds. The number of ether oxygens (including phenoxy) is 1. The third kappa shape index (κ3) is 6.32. The largest absolute Gasteiger partial charge is 0.466 e. The van der Waals surface area contributed by atoms with Gasteiger partial charge >= 0.3 is 5.97 Å². The van der Waals surface area contributed by atoms with E-state index in [0.717, 1.165) is 18.4 Å². The van der Waals surface area contributed by atoms with Crippen LogP contribution < -0.4 is 4.72 Å². The molecule has 1 fully saturated rings. The minimum atomic E-state index is -3.74. The number of sulfonamides is 1. The van der Waals surface area contributed by atoms with Crippen molar-refractivity contribution >= 4 is 27.6 Å². The summed E-state index contributed by atoms with van der Waals surface area (Å²) in [7, 11) is -3.74. The van der Waals surface area contributed by atoms with Crippen molar-refractivity contribution in [2.24, 2.45) is 5.92 Å². The number of amides is 1. The first kappa shape index (κ1) is 23.8. The van der Waals surface area contributed by atoms with Crippen LogP contribution >= 0.6 is 0 Å². The van der Waals surface area contributed by atoms with E-state index in [1.807, 2.05) is 13.0 Å². The van der Waals surface area contributed by atoms with E-state index in [1.165, 1.54) is 0 Å². The number of carbonyl (C=O) groups is 2. The molecule has 0 heterocycles. The molecular weight excluding hydrogens is 428 g/mol. The number of esters is 1. The standard InChI is InChI=1S/C24H30N2O5S/c1-4-31-23(27)13-14-26(16-19-7-8-19)24(28)20-9-11-21(12-10-20)25-32(29,30)22-15-17(2)5-6-18(22)3/h5-6,9-12,15,19,25H,4,7-8,13-14,16H2,1-3H3. The van der Waals surface area contributed by atoms with E-state index in [9.17, 15) is 18.0 Å². The van der Waals surface area contributed by atoms with Crippen molar-refractivity contribution in [1.29, 1.82) is 0 Å². The molecule has 0 atom stereocenters. The molecule has 0 saturated heterocycles. The quantitative estimate of drug-likeness (QED) is 0.545. The van der Waals surface area contributed by atoms with Crippen LogP contribution in [0.5, 0.6) is 0 Å². The van der Waals surface area contributed by atoms with Crippen molar-refractivity contribution < 1.29 is 22.7 Å². The number of hydrogen-bond acceptors (Lipinski definition) is 5. The van der Waals surface area contributed by atoms with Gasteiger partial charge < -0.3 is 9.64 Å². The van der Waals surface area contributed by atoms with Crippen molar-refractivity contribution in [1.82, 2.24) is 4.90 Å². The van der Waals surface area contributed by atoms with E-state index in [1.54, 1.807) is 55.1 Å². The first-order chi connectivity index (χ1) is 15.2. The zero-order valence-corrected chi connectivity index (χ0v) is 19.6. The molecule has 8 heteroatoms. The molecule has 1 N–H and O–H groups in total. The SMILES string of the molecule is CCOC(=O)CCN(CC1CC1)C(=O)c1ccc(NS(=O)(=O)c2cc(C)ccc2C)cc1. The lowest BCUT2D eigenvalue weighted by Gasteiger charge is -2.22. The van der Waals surface area contributed by atoms with Crippen LogP contribution in [-0.4, -0.2) is 44.9 Å². The van der Waals surface area contributed by atoms with Crippen molar-refractivity contribution in [3.05, 3.63) is 59.2 Å². The lowest BCUT2D eigenvalue weighted by Crippen LogP contribution is -2.35. The second-order valence-corrected chi connectivity index (χ2v) is 9.85. The fourth-order valence-electron chi connectivity index (χ4n) is 3.42. The van der Waals surface area contributed by atoms with Gasteiger partial charge in [0.25, 0.3) is 15.9 Å². The summed E-state index contributed by atoms with van der Waals surface area (Å²) in [6.07, 6.45) is 2.32. The molecule has 0 aliphatic heterocycles. The molecule has 0 aromatic heterocycles. The van der Waals surface area contributed by atoms with E-state index in [0.29, 0.717) is 42.4 Å². The van der Waals surface area contributed by atoms with Crippen LogP contribution in [0.1, 0.15) is 47.7 Å². The van der Waals surface area contributed by atoms with Crippen LogP contribution in [0.4, 0.5) is 5.69 Å². The van der Waals surface area contributed by atoms with Crippen LogP contribution in [-0.2, 0) is 19.6 Å². The van der Waals surface area contributed by atoms with Gasteiger partial charge in [0, 0.05) is 24.3 Å². The molecule has 0 radical (unpaired) electrons. The molecule has 172 valence electrons. The van der Waals surface area contributed by atoms with Gasteiger partial charge in [0.2, 0.25) is 0 Å².